The van der Waals surface area contributed by atoms with Gasteiger partial charge < -0.3 is 5.32 Å². The fourth-order valence-electron chi connectivity index (χ4n) is 2.40. The van der Waals surface area contributed by atoms with Crippen LogP contribution in [0, 0.1) is 12.7 Å². The van der Waals surface area contributed by atoms with Gasteiger partial charge in [0.15, 0.2) is 0 Å². The Hall–Kier alpha value is -1.19. The standard InChI is InChI=1S/C18H24FNS/c1-6-20-17(14-11-13(19)8-7-12(14)2)15-9-10-16(21-15)18(3,4)5/h7-11,17,20H,6H2,1-5H3. The molecule has 1 aromatic heterocycles. The zero-order valence-corrected chi connectivity index (χ0v) is 14.3. The molecule has 3 heteroatoms. The van der Waals surface area contributed by atoms with Crippen molar-refractivity contribution in [3.8, 4) is 0 Å². The molecule has 1 atom stereocenters. The molecule has 1 nitrogen and oxygen atoms in total. The first-order chi connectivity index (χ1) is 9.82. The molecule has 0 saturated carbocycles. The van der Waals surface area contributed by atoms with Crippen molar-refractivity contribution in [3.05, 3.63) is 57.0 Å². The molecule has 114 valence electrons. The van der Waals surface area contributed by atoms with Gasteiger partial charge in [-0.2, -0.15) is 0 Å². The molecule has 0 aliphatic rings. The number of hydrogen-bond donors (Lipinski definition) is 1. The van der Waals surface area contributed by atoms with Crippen molar-refractivity contribution in [2.45, 2.75) is 46.1 Å². The first kappa shape index (κ1) is 16.2. The van der Waals surface area contributed by atoms with Gasteiger partial charge in [0.2, 0.25) is 0 Å². The van der Waals surface area contributed by atoms with Gasteiger partial charge in [-0.15, -0.1) is 11.3 Å². The lowest BCUT2D eigenvalue weighted by atomic mass is 9.94. The highest BCUT2D eigenvalue weighted by Crippen LogP contribution is 2.35. The Balaban J connectivity index is 2.44. The van der Waals surface area contributed by atoms with Gasteiger partial charge in [-0.25, -0.2) is 4.39 Å². The lowest BCUT2D eigenvalue weighted by Gasteiger charge is -2.20. The van der Waals surface area contributed by atoms with E-state index in [2.05, 4.69) is 45.1 Å². The SMILES string of the molecule is CCNC(c1ccc(C(C)(C)C)s1)c1cc(F)ccc1C. The van der Waals surface area contributed by atoms with E-state index in [9.17, 15) is 4.39 Å². The van der Waals surface area contributed by atoms with Gasteiger partial charge in [0.25, 0.3) is 0 Å². The largest absolute Gasteiger partial charge is 0.306 e. The summed E-state index contributed by atoms with van der Waals surface area (Å²) in [4.78, 5) is 2.60. The molecule has 2 rings (SSSR count). The highest BCUT2D eigenvalue weighted by molar-refractivity contribution is 7.12. The summed E-state index contributed by atoms with van der Waals surface area (Å²) in [6.45, 7) is 11.6. The Morgan fingerprint density at radius 3 is 2.48 bits per heavy atom. The lowest BCUT2D eigenvalue weighted by Crippen LogP contribution is -2.22. The van der Waals surface area contributed by atoms with Gasteiger partial charge in [-0.1, -0.05) is 33.8 Å². The topological polar surface area (TPSA) is 12.0 Å². The molecule has 1 unspecified atom stereocenters. The van der Waals surface area contributed by atoms with Gasteiger partial charge in [-0.3, -0.25) is 0 Å². The Morgan fingerprint density at radius 2 is 1.90 bits per heavy atom. The van der Waals surface area contributed by atoms with Crippen molar-refractivity contribution in [1.82, 2.24) is 5.32 Å². The predicted octanol–water partition coefficient (Wildman–Crippen LogP) is 5.19. The third-order valence-electron chi connectivity index (χ3n) is 3.61. The number of thiophene rings is 1. The molecule has 0 aliphatic carbocycles. The number of rotatable bonds is 4. The van der Waals surface area contributed by atoms with Gasteiger partial charge in [-0.05, 0) is 54.3 Å². The van der Waals surface area contributed by atoms with E-state index in [0.717, 1.165) is 17.7 Å². The van der Waals surface area contributed by atoms with Crippen LogP contribution in [-0.2, 0) is 5.41 Å². The quantitative estimate of drug-likeness (QED) is 0.819. The van der Waals surface area contributed by atoms with Gasteiger partial charge in [0.1, 0.15) is 5.82 Å². The van der Waals surface area contributed by atoms with Crippen LogP contribution in [0.4, 0.5) is 4.39 Å². The highest BCUT2D eigenvalue weighted by atomic mass is 32.1. The lowest BCUT2D eigenvalue weighted by molar-refractivity contribution is 0.603. The average Bonchev–Trinajstić information content (AvgIpc) is 2.88. The van der Waals surface area contributed by atoms with Crippen molar-refractivity contribution in [2.75, 3.05) is 6.54 Å². The second kappa shape index (κ2) is 6.29. The van der Waals surface area contributed by atoms with Crippen LogP contribution in [-0.4, -0.2) is 6.54 Å². The third-order valence-corrected chi connectivity index (χ3v) is 5.19. The van der Waals surface area contributed by atoms with Crippen LogP contribution in [0.3, 0.4) is 0 Å². The molecule has 0 amide bonds. The smallest absolute Gasteiger partial charge is 0.123 e. The van der Waals surface area contributed by atoms with Crippen LogP contribution in [0.15, 0.2) is 30.3 Å². The molecular weight excluding hydrogens is 281 g/mol. The van der Waals surface area contributed by atoms with Crippen molar-refractivity contribution in [1.29, 1.82) is 0 Å². The maximum absolute atomic E-state index is 13.6. The maximum Gasteiger partial charge on any atom is 0.123 e. The summed E-state index contributed by atoms with van der Waals surface area (Å²) in [5, 5.41) is 3.49. The first-order valence-corrected chi connectivity index (χ1v) is 8.24. The molecule has 21 heavy (non-hydrogen) atoms. The number of nitrogens with one attached hydrogen (secondary N) is 1. The second-order valence-electron chi connectivity index (χ2n) is 6.44. The summed E-state index contributed by atoms with van der Waals surface area (Å²) < 4.78 is 13.6. The maximum atomic E-state index is 13.6. The molecule has 0 saturated heterocycles. The van der Waals surface area contributed by atoms with E-state index in [1.807, 2.05) is 24.3 Å². The number of hydrogen-bond acceptors (Lipinski definition) is 2. The van der Waals surface area contributed by atoms with Crippen molar-refractivity contribution >= 4 is 11.3 Å². The number of aryl methyl sites for hydroxylation is 1. The number of benzene rings is 1. The summed E-state index contributed by atoms with van der Waals surface area (Å²) in [6.07, 6.45) is 0. The third kappa shape index (κ3) is 3.72. The molecule has 0 spiro atoms. The van der Waals surface area contributed by atoms with Crippen LogP contribution in [0.1, 0.15) is 54.6 Å². The Morgan fingerprint density at radius 1 is 1.19 bits per heavy atom. The van der Waals surface area contributed by atoms with Crippen LogP contribution in [0.5, 0.6) is 0 Å². The van der Waals surface area contributed by atoms with Crippen LogP contribution >= 0.6 is 11.3 Å². The minimum absolute atomic E-state index is 0.0619. The van der Waals surface area contributed by atoms with E-state index in [1.165, 1.54) is 15.8 Å². The highest BCUT2D eigenvalue weighted by Gasteiger charge is 2.21. The van der Waals surface area contributed by atoms with Crippen molar-refractivity contribution in [3.63, 3.8) is 0 Å². The predicted molar refractivity (Wildman–Crippen MR) is 89.7 cm³/mol. The van der Waals surface area contributed by atoms with E-state index >= 15 is 0 Å². The zero-order valence-electron chi connectivity index (χ0n) is 13.5. The molecule has 0 bridgehead atoms. The van der Waals surface area contributed by atoms with Crippen LogP contribution in [0.2, 0.25) is 0 Å². The second-order valence-corrected chi connectivity index (χ2v) is 7.56. The first-order valence-electron chi connectivity index (χ1n) is 7.42. The monoisotopic (exact) mass is 305 g/mol. The summed E-state index contributed by atoms with van der Waals surface area (Å²) in [5.41, 5.74) is 2.30. The van der Waals surface area contributed by atoms with Gasteiger partial charge >= 0.3 is 0 Å². The zero-order chi connectivity index (χ0) is 15.6. The van der Waals surface area contributed by atoms with Crippen molar-refractivity contribution in [2.24, 2.45) is 0 Å². The average molecular weight is 305 g/mol. The summed E-state index contributed by atoms with van der Waals surface area (Å²) in [7, 11) is 0. The molecule has 1 N–H and O–H groups in total. The minimum Gasteiger partial charge on any atom is -0.306 e. The molecule has 0 fully saturated rings. The van der Waals surface area contributed by atoms with E-state index in [-0.39, 0.29) is 17.3 Å². The van der Waals surface area contributed by atoms with E-state index in [0.29, 0.717) is 0 Å². The van der Waals surface area contributed by atoms with E-state index < -0.39 is 0 Å². The molecule has 1 aromatic carbocycles. The Bertz CT molecular complexity index is 610. The molecular formula is C18H24FNS. The molecule has 0 aliphatic heterocycles. The molecule has 0 radical (unpaired) electrons. The summed E-state index contributed by atoms with van der Waals surface area (Å²) in [6, 6.07) is 9.46. The van der Waals surface area contributed by atoms with Gasteiger partial charge in [0, 0.05) is 9.75 Å². The number of halogens is 1. The van der Waals surface area contributed by atoms with E-state index in [1.54, 1.807) is 6.07 Å². The Kier molecular flexibility index (Phi) is 4.84. The fraction of sp³-hybridized carbons (Fsp3) is 0.444. The molecule has 1 heterocycles. The normalized spacial score (nSPS) is 13.4. The minimum atomic E-state index is -0.175. The van der Waals surface area contributed by atoms with Crippen LogP contribution in [0.25, 0.3) is 0 Å². The summed E-state index contributed by atoms with van der Waals surface area (Å²) >= 11 is 1.81. The van der Waals surface area contributed by atoms with E-state index in [4.69, 9.17) is 0 Å². The van der Waals surface area contributed by atoms with Crippen molar-refractivity contribution < 1.29 is 4.39 Å². The van der Waals surface area contributed by atoms with Crippen LogP contribution < -0.4 is 5.32 Å². The Labute approximate surface area is 131 Å². The molecule has 2 aromatic rings. The summed E-state index contributed by atoms with van der Waals surface area (Å²) in [5.74, 6) is -0.175. The van der Waals surface area contributed by atoms with Gasteiger partial charge in [0.05, 0.1) is 6.04 Å². The fourth-order valence-corrected chi connectivity index (χ4v) is 3.56.